The molecule has 0 bridgehead atoms. The molecule has 0 radical (unpaired) electrons. The Morgan fingerprint density at radius 1 is 0.725 bits per heavy atom. The molecule has 0 spiro atoms. The molecular weight excluding hydrogens is 682 g/mol. The fourth-order valence-corrected chi connectivity index (χ4v) is 4.84. The first kappa shape index (κ1) is 44.7. The summed E-state index contributed by atoms with van der Waals surface area (Å²) in [6.45, 7) is 8.10. The Balaban J connectivity index is 0.000000462. The van der Waals surface area contributed by atoms with Crippen molar-refractivity contribution in [3.8, 4) is 22.8 Å². The minimum atomic E-state index is -0.566. The van der Waals surface area contributed by atoms with Crippen molar-refractivity contribution in [1.82, 2.24) is 29.5 Å². The van der Waals surface area contributed by atoms with E-state index in [1.54, 1.807) is 54.3 Å². The third-order valence-corrected chi connectivity index (χ3v) is 7.38. The minimum Gasteiger partial charge on any atom is -1.00 e. The van der Waals surface area contributed by atoms with E-state index in [-0.39, 0.29) is 54.5 Å². The van der Waals surface area contributed by atoms with E-state index in [1.807, 2.05) is 54.1 Å². The maximum absolute atomic E-state index is 13.0. The van der Waals surface area contributed by atoms with E-state index in [0.717, 1.165) is 40.2 Å². The summed E-state index contributed by atoms with van der Waals surface area (Å²) < 4.78 is 29.4. The van der Waals surface area contributed by atoms with E-state index in [2.05, 4.69) is 27.1 Å². The molecule has 264 valence electrons. The summed E-state index contributed by atoms with van der Waals surface area (Å²) >= 11 is 0. The summed E-state index contributed by atoms with van der Waals surface area (Å²) in [5, 5.41) is 19.3. The number of rotatable bonds is 11. The number of aryl methyl sites for hydroxylation is 4. The van der Waals surface area contributed by atoms with E-state index in [4.69, 9.17) is 0 Å². The average molecular weight is 726 g/mol. The minimum absolute atomic E-state index is 0. The van der Waals surface area contributed by atoms with Crippen molar-refractivity contribution in [2.75, 3.05) is 0 Å². The molecule has 6 rings (SSSR count). The van der Waals surface area contributed by atoms with Crippen LogP contribution in [0.25, 0.3) is 22.8 Å². The van der Waals surface area contributed by atoms with Crippen LogP contribution >= 0.6 is 0 Å². The number of benzene rings is 2. The molecule has 2 aromatic carbocycles. The van der Waals surface area contributed by atoms with Gasteiger partial charge in [-0.25, -0.2) is 8.78 Å². The van der Waals surface area contributed by atoms with Gasteiger partial charge in [-0.05, 0) is 91.1 Å². The number of pyridine rings is 2. The molecule has 1 N–H and O–H groups in total. The van der Waals surface area contributed by atoms with E-state index < -0.39 is 6.10 Å². The van der Waals surface area contributed by atoms with Gasteiger partial charge in [0.1, 0.15) is 28.7 Å². The van der Waals surface area contributed by atoms with Crippen LogP contribution < -0.4 is 12.4 Å². The van der Waals surface area contributed by atoms with Crippen LogP contribution in [0, 0.1) is 18.6 Å². The van der Waals surface area contributed by atoms with Crippen LogP contribution in [0.3, 0.4) is 0 Å². The summed E-state index contributed by atoms with van der Waals surface area (Å²) in [4.78, 5) is 19.7. The van der Waals surface area contributed by atoms with Crippen LogP contribution in [0.2, 0.25) is 0 Å². The fraction of sp³-hybridized carbons (Fsp3) is 0.231. The second-order valence-corrected chi connectivity index (χ2v) is 10.6. The Bertz CT molecular complexity index is 1840. The molecule has 4 aromatic heterocycles. The molecule has 0 amide bonds. The molecule has 0 fully saturated rings. The SMILES string of the molecule is C.CCC(O)c1cc(-c2ccccn2)nn1CCc1ccc(F)cc1.O=Cc1cc(-c2ccccn2)nn1CCc1ccc(F)cc1.[CH2-]C.[Cl-].[Mg+2]. The van der Waals surface area contributed by atoms with E-state index in [9.17, 15) is 18.7 Å². The van der Waals surface area contributed by atoms with Crippen LogP contribution in [0.5, 0.6) is 0 Å². The van der Waals surface area contributed by atoms with Gasteiger partial charge in [0.25, 0.3) is 0 Å². The molecule has 0 saturated carbocycles. The Morgan fingerprint density at radius 3 is 1.61 bits per heavy atom. The van der Waals surface area contributed by atoms with Crippen molar-refractivity contribution < 1.29 is 31.1 Å². The first-order valence-electron chi connectivity index (χ1n) is 15.7. The molecule has 0 saturated heterocycles. The van der Waals surface area contributed by atoms with Crippen LogP contribution in [-0.2, 0) is 25.9 Å². The Morgan fingerprint density at radius 2 is 1.18 bits per heavy atom. The summed E-state index contributed by atoms with van der Waals surface area (Å²) in [6, 6.07) is 27.6. The van der Waals surface area contributed by atoms with E-state index in [0.29, 0.717) is 43.7 Å². The molecule has 1 atom stereocenters. The number of aliphatic hydroxyl groups is 1. The maximum atomic E-state index is 13.0. The normalized spacial score (nSPS) is 10.5. The number of aromatic nitrogens is 6. The number of hydrogen-bond donors (Lipinski definition) is 1. The van der Waals surface area contributed by atoms with Gasteiger partial charge in [0.15, 0.2) is 6.29 Å². The molecule has 0 aliphatic rings. The first-order chi connectivity index (χ1) is 23.4. The number of aliphatic hydroxyl groups excluding tert-OH is 1. The monoisotopic (exact) mass is 724 g/mol. The third-order valence-electron chi connectivity index (χ3n) is 7.38. The van der Waals surface area contributed by atoms with Gasteiger partial charge in [0, 0.05) is 25.5 Å². The predicted molar refractivity (Wildman–Crippen MR) is 195 cm³/mol. The number of nitrogens with zero attached hydrogens (tertiary/aromatic N) is 6. The van der Waals surface area contributed by atoms with Gasteiger partial charge >= 0.3 is 23.1 Å². The van der Waals surface area contributed by atoms with Gasteiger partial charge in [-0.2, -0.15) is 17.1 Å². The second-order valence-electron chi connectivity index (χ2n) is 10.6. The van der Waals surface area contributed by atoms with Crippen molar-refractivity contribution in [3.05, 3.63) is 151 Å². The zero-order chi connectivity index (χ0) is 34.3. The summed E-state index contributed by atoms with van der Waals surface area (Å²) in [5.74, 6) is -0.494. The molecule has 4 heterocycles. The van der Waals surface area contributed by atoms with Gasteiger partial charge < -0.3 is 24.4 Å². The zero-order valence-electron chi connectivity index (χ0n) is 28.2. The second kappa shape index (κ2) is 23.2. The van der Waals surface area contributed by atoms with Crippen molar-refractivity contribution in [2.45, 2.75) is 59.7 Å². The van der Waals surface area contributed by atoms with Gasteiger partial charge in [-0.15, -0.1) is 0 Å². The van der Waals surface area contributed by atoms with Gasteiger partial charge in [-0.1, -0.05) is 50.7 Å². The van der Waals surface area contributed by atoms with Crippen LogP contribution in [0.15, 0.2) is 109 Å². The van der Waals surface area contributed by atoms with Crippen molar-refractivity contribution >= 4 is 29.3 Å². The van der Waals surface area contributed by atoms with Crippen LogP contribution in [-0.4, -0.2) is 64.0 Å². The van der Waals surface area contributed by atoms with Gasteiger partial charge in [-0.3, -0.25) is 24.1 Å². The quantitative estimate of drug-likeness (QED) is 0.115. The number of carbonyl (C=O) groups is 1. The van der Waals surface area contributed by atoms with Crippen LogP contribution in [0.4, 0.5) is 8.78 Å². The van der Waals surface area contributed by atoms with Crippen molar-refractivity contribution in [1.29, 1.82) is 0 Å². The molecule has 6 aromatic rings. The van der Waals surface area contributed by atoms with E-state index in [1.165, 1.54) is 24.3 Å². The van der Waals surface area contributed by atoms with Crippen LogP contribution in [0.1, 0.15) is 61.1 Å². The Hall–Kier alpha value is -4.29. The largest absolute Gasteiger partial charge is 2.00 e. The predicted octanol–water partition coefficient (Wildman–Crippen LogP) is 5.01. The molecule has 51 heavy (non-hydrogen) atoms. The molecule has 0 aliphatic heterocycles. The third kappa shape index (κ3) is 13.1. The molecule has 0 aliphatic carbocycles. The molecule has 1 unspecified atom stereocenters. The average Bonchev–Trinajstić information content (AvgIpc) is 3.77. The summed E-state index contributed by atoms with van der Waals surface area (Å²) in [7, 11) is 0. The van der Waals surface area contributed by atoms with Crippen molar-refractivity contribution in [2.24, 2.45) is 0 Å². The number of hydrogen-bond acceptors (Lipinski definition) is 6. The summed E-state index contributed by atoms with van der Waals surface area (Å²) in [6.07, 6.45) is 5.63. The zero-order valence-corrected chi connectivity index (χ0v) is 30.3. The number of aldehydes is 1. The first-order valence-corrected chi connectivity index (χ1v) is 15.7. The summed E-state index contributed by atoms with van der Waals surface area (Å²) in [5.41, 5.74) is 6.23. The van der Waals surface area contributed by atoms with E-state index >= 15 is 0 Å². The molecule has 12 heteroatoms. The van der Waals surface area contributed by atoms with Gasteiger partial charge in [0.05, 0.1) is 23.2 Å². The smallest absolute Gasteiger partial charge is 1.00 e. The molecular formula is C39H43ClF2MgN6O2. The number of halogens is 3. The molecule has 8 nitrogen and oxygen atoms in total. The Labute approximate surface area is 321 Å². The topological polar surface area (TPSA) is 98.7 Å². The standard InChI is InChI=1S/C19H20FN3O.C17H14FN3O.C2H5.CH4.ClH.Mg/c1-2-19(24)18-13-17(16-5-3-4-11-21-16)22-23(18)12-10-14-6-8-15(20)9-7-14;18-14-6-4-13(5-7-14)8-10-21-15(12-22)11-17(20-21)16-3-1-2-9-19-16;1-2;;;/h3-9,11,13,19,24H,2,10,12H2,1H3;1-7,9,11-12H,8,10H2;1H2,2H3;1H4;1H;/q;;-1;;;+2/p-1. The van der Waals surface area contributed by atoms with Crippen molar-refractivity contribution in [3.63, 3.8) is 0 Å². The number of carbonyl (C=O) groups excluding carboxylic acids is 1. The van der Waals surface area contributed by atoms with Gasteiger partial charge in [0.2, 0.25) is 0 Å². The maximum Gasteiger partial charge on any atom is 2.00 e. The Kier molecular flexibility index (Phi) is 20.4. The fourth-order valence-electron chi connectivity index (χ4n) is 4.84.